The summed E-state index contributed by atoms with van der Waals surface area (Å²) in [5.74, 6) is 1.16. The van der Waals surface area contributed by atoms with Gasteiger partial charge in [0.15, 0.2) is 5.65 Å². The van der Waals surface area contributed by atoms with Crippen LogP contribution in [0.2, 0.25) is 0 Å². The fraction of sp³-hybridized carbons (Fsp3) is 0.333. The number of rotatable bonds is 4. The first kappa shape index (κ1) is 20.0. The minimum Gasteiger partial charge on any atom is -0.347 e. The standard InChI is InChI=1S/C18H17BrF3N9/c19-10-7-25-31-14(10)28-16(30-6-5-17(23,9-30)18(20,21)22)29-15(31)24-8-13-26-11-3-1-2-4-12(11)27-13/h1-4,7H,5-6,8-9,23H2,(H,26,27)(H,24,28,29). The Balaban J connectivity index is 1.45. The number of hydrogen-bond acceptors (Lipinski definition) is 7. The van der Waals surface area contributed by atoms with Crippen molar-refractivity contribution < 1.29 is 13.2 Å². The lowest BCUT2D eigenvalue weighted by molar-refractivity contribution is -0.179. The normalized spacial score (nSPS) is 19.6. The SMILES string of the molecule is NC1(C(F)(F)F)CCN(c2nc(NCc3nc4ccccc4[nH]3)n3ncc(Br)c3n2)C1. The van der Waals surface area contributed by atoms with Crippen LogP contribution < -0.4 is 16.0 Å². The van der Waals surface area contributed by atoms with Crippen molar-refractivity contribution in [2.24, 2.45) is 5.73 Å². The van der Waals surface area contributed by atoms with Crippen LogP contribution in [0.15, 0.2) is 34.9 Å². The van der Waals surface area contributed by atoms with Gasteiger partial charge >= 0.3 is 6.18 Å². The summed E-state index contributed by atoms with van der Waals surface area (Å²) in [6.07, 6.45) is -3.19. The van der Waals surface area contributed by atoms with Gasteiger partial charge in [0.2, 0.25) is 11.9 Å². The van der Waals surface area contributed by atoms with Crippen LogP contribution >= 0.6 is 15.9 Å². The highest BCUT2D eigenvalue weighted by Crippen LogP contribution is 2.37. The second-order valence-corrected chi connectivity index (χ2v) is 8.31. The smallest absolute Gasteiger partial charge is 0.347 e. The van der Waals surface area contributed by atoms with Crippen molar-refractivity contribution in [1.29, 1.82) is 0 Å². The maximum atomic E-state index is 13.3. The van der Waals surface area contributed by atoms with Crippen molar-refractivity contribution in [3.8, 4) is 0 Å². The lowest BCUT2D eigenvalue weighted by Gasteiger charge is -2.27. The molecule has 13 heteroatoms. The molecule has 9 nitrogen and oxygen atoms in total. The molecular formula is C18H17BrF3N9. The quantitative estimate of drug-likeness (QED) is 0.398. The van der Waals surface area contributed by atoms with Crippen LogP contribution in [-0.4, -0.2) is 54.4 Å². The number of benzene rings is 1. The Morgan fingerprint density at radius 1 is 1.23 bits per heavy atom. The van der Waals surface area contributed by atoms with E-state index in [1.165, 1.54) is 9.42 Å². The minimum atomic E-state index is -4.51. The number of aromatic nitrogens is 6. The van der Waals surface area contributed by atoms with E-state index >= 15 is 0 Å². The van der Waals surface area contributed by atoms with Crippen LogP contribution in [0.1, 0.15) is 12.2 Å². The van der Waals surface area contributed by atoms with Crippen LogP contribution in [-0.2, 0) is 6.54 Å². The molecule has 0 amide bonds. The molecule has 1 atom stereocenters. The zero-order valence-electron chi connectivity index (χ0n) is 16.0. The highest BCUT2D eigenvalue weighted by molar-refractivity contribution is 9.10. The van der Waals surface area contributed by atoms with Crippen LogP contribution in [0.5, 0.6) is 0 Å². The third-order valence-electron chi connectivity index (χ3n) is 5.31. The summed E-state index contributed by atoms with van der Waals surface area (Å²) in [5.41, 5.74) is 5.49. The van der Waals surface area contributed by atoms with Crippen LogP contribution in [0.4, 0.5) is 25.1 Å². The van der Waals surface area contributed by atoms with Gasteiger partial charge in [-0.25, -0.2) is 4.98 Å². The van der Waals surface area contributed by atoms with Gasteiger partial charge in [-0.05, 0) is 34.5 Å². The van der Waals surface area contributed by atoms with E-state index in [4.69, 9.17) is 5.73 Å². The largest absolute Gasteiger partial charge is 0.408 e. The molecule has 4 heterocycles. The number of anilines is 2. The number of H-pyrrole nitrogens is 1. The summed E-state index contributed by atoms with van der Waals surface area (Å²) < 4.78 is 42.1. The maximum Gasteiger partial charge on any atom is 0.408 e. The first-order valence-electron chi connectivity index (χ1n) is 9.43. The molecule has 162 valence electrons. The summed E-state index contributed by atoms with van der Waals surface area (Å²) >= 11 is 3.37. The molecule has 4 aromatic rings. The number of nitrogens with two attached hydrogens (primary N) is 1. The molecule has 0 bridgehead atoms. The zero-order valence-corrected chi connectivity index (χ0v) is 17.6. The third kappa shape index (κ3) is 3.47. The number of imidazole rings is 1. The Morgan fingerprint density at radius 3 is 2.77 bits per heavy atom. The number of halogens is 4. The van der Waals surface area contributed by atoms with Gasteiger partial charge in [-0.2, -0.15) is 32.8 Å². The van der Waals surface area contributed by atoms with Crippen molar-refractivity contribution in [3.05, 3.63) is 40.8 Å². The molecule has 0 spiro atoms. The Labute approximate surface area is 182 Å². The summed E-state index contributed by atoms with van der Waals surface area (Å²) in [6, 6.07) is 7.63. The maximum absolute atomic E-state index is 13.3. The average Bonchev–Trinajstić information content (AvgIpc) is 3.43. The molecule has 1 aromatic carbocycles. The number of nitrogens with zero attached hydrogens (tertiary/aromatic N) is 6. The molecule has 3 aromatic heterocycles. The first-order valence-corrected chi connectivity index (χ1v) is 10.2. The minimum absolute atomic E-state index is 0.0982. The summed E-state index contributed by atoms with van der Waals surface area (Å²) in [5, 5.41) is 7.38. The van der Waals surface area contributed by atoms with Gasteiger partial charge in [-0.1, -0.05) is 12.1 Å². The average molecular weight is 496 g/mol. The van der Waals surface area contributed by atoms with Crippen molar-refractivity contribution in [2.45, 2.75) is 24.7 Å². The van der Waals surface area contributed by atoms with E-state index in [9.17, 15) is 13.2 Å². The summed E-state index contributed by atoms with van der Waals surface area (Å²) in [4.78, 5) is 18.0. The summed E-state index contributed by atoms with van der Waals surface area (Å²) in [6.45, 7) is -0.0104. The molecule has 0 saturated carbocycles. The van der Waals surface area contributed by atoms with Gasteiger partial charge in [-0.3, -0.25) is 0 Å². The van der Waals surface area contributed by atoms with E-state index < -0.39 is 18.3 Å². The van der Waals surface area contributed by atoms with Crippen molar-refractivity contribution in [2.75, 3.05) is 23.3 Å². The van der Waals surface area contributed by atoms with E-state index in [-0.39, 0.29) is 18.9 Å². The Hall–Kier alpha value is -2.93. The molecule has 1 unspecified atom stereocenters. The molecule has 0 aliphatic carbocycles. The van der Waals surface area contributed by atoms with Crippen LogP contribution in [0, 0.1) is 0 Å². The second-order valence-electron chi connectivity index (χ2n) is 7.45. The van der Waals surface area contributed by atoms with Gasteiger partial charge in [-0.15, -0.1) is 0 Å². The molecule has 1 fully saturated rings. The van der Waals surface area contributed by atoms with Crippen LogP contribution in [0.25, 0.3) is 16.7 Å². The fourth-order valence-electron chi connectivity index (χ4n) is 3.58. The van der Waals surface area contributed by atoms with E-state index in [0.717, 1.165) is 11.0 Å². The number of alkyl halides is 3. The number of aromatic amines is 1. The molecule has 5 rings (SSSR count). The van der Waals surface area contributed by atoms with E-state index in [0.29, 0.717) is 28.4 Å². The lowest BCUT2D eigenvalue weighted by atomic mass is 10.00. The number of nitrogens with one attached hydrogen (secondary N) is 2. The molecule has 1 aliphatic rings. The van der Waals surface area contributed by atoms with Gasteiger partial charge in [0, 0.05) is 13.1 Å². The van der Waals surface area contributed by atoms with Crippen molar-refractivity contribution >= 4 is 44.5 Å². The monoisotopic (exact) mass is 495 g/mol. The highest BCUT2D eigenvalue weighted by atomic mass is 79.9. The molecule has 4 N–H and O–H groups in total. The predicted molar refractivity (Wildman–Crippen MR) is 112 cm³/mol. The van der Waals surface area contributed by atoms with E-state index in [1.807, 2.05) is 24.3 Å². The fourth-order valence-corrected chi connectivity index (χ4v) is 3.93. The molecule has 0 radical (unpaired) electrons. The zero-order chi connectivity index (χ0) is 21.8. The topological polar surface area (TPSA) is 113 Å². The molecule has 31 heavy (non-hydrogen) atoms. The number of hydrogen-bond donors (Lipinski definition) is 3. The molecule has 1 saturated heterocycles. The predicted octanol–water partition coefficient (Wildman–Crippen LogP) is 2.85. The number of para-hydroxylation sites is 2. The second kappa shape index (κ2) is 7.05. The first-order chi connectivity index (χ1) is 14.7. The Bertz CT molecular complexity index is 1230. The van der Waals surface area contributed by atoms with Gasteiger partial charge in [0.1, 0.15) is 11.4 Å². The van der Waals surface area contributed by atoms with Gasteiger partial charge in [0.05, 0.1) is 28.2 Å². The Morgan fingerprint density at radius 2 is 2.03 bits per heavy atom. The van der Waals surface area contributed by atoms with E-state index in [1.54, 1.807) is 6.20 Å². The van der Waals surface area contributed by atoms with Crippen molar-refractivity contribution in [3.63, 3.8) is 0 Å². The Kier molecular flexibility index (Phi) is 4.55. The molecular weight excluding hydrogens is 479 g/mol. The summed E-state index contributed by atoms with van der Waals surface area (Å²) in [7, 11) is 0. The van der Waals surface area contributed by atoms with Crippen LogP contribution in [0.3, 0.4) is 0 Å². The third-order valence-corrected chi connectivity index (χ3v) is 5.87. The van der Waals surface area contributed by atoms with Gasteiger partial charge in [0.25, 0.3) is 0 Å². The molecule has 1 aliphatic heterocycles. The van der Waals surface area contributed by atoms with E-state index in [2.05, 4.69) is 46.3 Å². The highest BCUT2D eigenvalue weighted by Gasteiger charge is 2.55. The van der Waals surface area contributed by atoms with Gasteiger partial charge < -0.3 is 20.9 Å². The van der Waals surface area contributed by atoms with Crippen molar-refractivity contribution in [1.82, 2.24) is 29.5 Å². The lowest BCUT2D eigenvalue weighted by Crippen LogP contribution is -2.55. The number of fused-ring (bicyclic) bond motifs is 2.